The minimum absolute atomic E-state index is 0.126. The maximum Gasteiger partial charge on any atom is 0.221 e. The van der Waals surface area contributed by atoms with Crippen LogP contribution in [0.4, 0.5) is 0 Å². The Balaban J connectivity index is 2.31. The number of amides is 1. The predicted octanol–water partition coefficient (Wildman–Crippen LogP) is 1.60. The minimum atomic E-state index is -0.489. The summed E-state index contributed by atoms with van der Waals surface area (Å²) in [6, 6.07) is 9.23. The van der Waals surface area contributed by atoms with Crippen LogP contribution in [-0.4, -0.2) is 23.7 Å². The molecule has 0 saturated heterocycles. The number of benzene rings is 1. The zero-order chi connectivity index (χ0) is 14.3. The predicted molar refractivity (Wildman–Crippen MR) is 76.5 cm³/mol. The second-order valence-corrected chi connectivity index (χ2v) is 5.31. The molecule has 0 radical (unpaired) electrons. The molecule has 1 rings (SSSR count). The molecule has 4 nitrogen and oxygen atoms in total. The van der Waals surface area contributed by atoms with Gasteiger partial charge in [0.1, 0.15) is 0 Å². The van der Waals surface area contributed by atoms with E-state index < -0.39 is 6.10 Å². The Kier molecular flexibility index (Phi) is 6.53. The highest BCUT2D eigenvalue weighted by Gasteiger charge is 2.13. The first-order chi connectivity index (χ1) is 8.99. The third-order valence-electron chi connectivity index (χ3n) is 2.91. The molecule has 0 heterocycles. The lowest BCUT2D eigenvalue weighted by Gasteiger charge is -2.15. The third-order valence-corrected chi connectivity index (χ3v) is 2.91. The molecule has 2 atom stereocenters. The Bertz CT molecular complexity index is 379. The van der Waals surface area contributed by atoms with E-state index in [1.54, 1.807) is 0 Å². The molecule has 0 aliphatic heterocycles. The molecule has 1 amide bonds. The standard InChI is InChI=1S/C15H24N2O2/c1-11(2)8-13(18)10-17-15(19)9-14(16)12-6-4-3-5-7-12/h3-7,11,13-14,18H,8-10,16H2,1-2H3,(H,17,19). The Morgan fingerprint density at radius 1 is 1.32 bits per heavy atom. The Hall–Kier alpha value is -1.39. The van der Waals surface area contributed by atoms with Crippen LogP contribution in [0.1, 0.15) is 38.3 Å². The highest BCUT2D eigenvalue weighted by atomic mass is 16.3. The number of carbonyl (C=O) groups is 1. The van der Waals surface area contributed by atoms with Crippen molar-refractivity contribution in [1.29, 1.82) is 0 Å². The van der Waals surface area contributed by atoms with Crippen molar-refractivity contribution in [3.05, 3.63) is 35.9 Å². The summed E-state index contributed by atoms with van der Waals surface area (Å²) in [6.45, 7) is 4.37. The average Bonchev–Trinajstić information content (AvgIpc) is 2.36. The van der Waals surface area contributed by atoms with E-state index in [4.69, 9.17) is 5.73 Å². The van der Waals surface area contributed by atoms with Gasteiger partial charge in [0.05, 0.1) is 6.10 Å². The molecule has 19 heavy (non-hydrogen) atoms. The van der Waals surface area contributed by atoms with Crippen LogP contribution in [0.2, 0.25) is 0 Å². The van der Waals surface area contributed by atoms with Crippen LogP contribution in [0.25, 0.3) is 0 Å². The van der Waals surface area contributed by atoms with Gasteiger partial charge in [-0.25, -0.2) is 0 Å². The Labute approximate surface area is 115 Å². The maximum atomic E-state index is 11.7. The lowest BCUT2D eigenvalue weighted by atomic mass is 10.0. The highest BCUT2D eigenvalue weighted by Crippen LogP contribution is 2.12. The summed E-state index contributed by atoms with van der Waals surface area (Å²) >= 11 is 0. The number of nitrogens with one attached hydrogen (secondary N) is 1. The molecule has 1 aromatic carbocycles. The zero-order valence-electron chi connectivity index (χ0n) is 11.7. The summed E-state index contributed by atoms with van der Waals surface area (Å²) in [4.78, 5) is 11.7. The lowest BCUT2D eigenvalue weighted by molar-refractivity contribution is -0.122. The van der Waals surface area contributed by atoms with Gasteiger partial charge < -0.3 is 16.2 Å². The van der Waals surface area contributed by atoms with E-state index in [-0.39, 0.29) is 18.4 Å². The van der Waals surface area contributed by atoms with Gasteiger partial charge in [-0.1, -0.05) is 44.2 Å². The van der Waals surface area contributed by atoms with Gasteiger partial charge in [-0.2, -0.15) is 0 Å². The molecule has 2 unspecified atom stereocenters. The number of rotatable bonds is 7. The maximum absolute atomic E-state index is 11.7. The van der Waals surface area contributed by atoms with Crippen molar-refractivity contribution in [2.75, 3.05) is 6.54 Å². The van der Waals surface area contributed by atoms with E-state index in [9.17, 15) is 9.90 Å². The van der Waals surface area contributed by atoms with E-state index in [0.717, 1.165) is 5.56 Å². The molecule has 4 N–H and O–H groups in total. The number of nitrogens with two attached hydrogens (primary N) is 1. The van der Waals surface area contributed by atoms with Crippen LogP contribution >= 0.6 is 0 Å². The molecule has 106 valence electrons. The summed E-state index contributed by atoms with van der Waals surface area (Å²) in [5.74, 6) is 0.289. The van der Waals surface area contributed by atoms with Gasteiger partial charge in [0, 0.05) is 19.0 Å². The molecular weight excluding hydrogens is 240 g/mol. The van der Waals surface area contributed by atoms with Crippen molar-refractivity contribution in [2.24, 2.45) is 11.7 Å². The Morgan fingerprint density at radius 2 is 1.95 bits per heavy atom. The van der Waals surface area contributed by atoms with E-state index >= 15 is 0 Å². The summed E-state index contributed by atoms with van der Waals surface area (Å²) < 4.78 is 0. The molecule has 1 aromatic rings. The second-order valence-electron chi connectivity index (χ2n) is 5.31. The smallest absolute Gasteiger partial charge is 0.221 e. The van der Waals surface area contributed by atoms with E-state index in [0.29, 0.717) is 18.9 Å². The summed E-state index contributed by atoms with van der Waals surface area (Å²) in [7, 11) is 0. The fraction of sp³-hybridized carbons (Fsp3) is 0.533. The SMILES string of the molecule is CC(C)CC(O)CNC(=O)CC(N)c1ccccc1. The molecular formula is C15H24N2O2. The summed E-state index contributed by atoms with van der Waals surface area (Å²) in [5.41, 5.74) is 6.90. The van der Waals surface area contributed by atoms with Crippen molar-refractivity contribution < 1.29 is 9.90 Å². The van der Waals surface area contributed by atoms with Gasteiger partial charge in [0.15, 0.2) is 0 Å². The zero-order valence-corrected chi connectivity index (χ0v) is 11.7. The van der Waals surface area contributed by atoms with Crippen molar-refractivity contribution in [3.8, 4) is 0 Å². The van der Waals surface area contributed by atoms with E-state index in [2.05, 4.69) is 5.32 Å². The molecule has 0 fully saturated rings. The highest BCUT2D eigenvalue weighted by molar-refractivity contribution is 5.76. The monoisotopic (exact) mass is 264 g/mol. The van der Waals surface area contributed by atoms with Gasteiger partial charge in [-0.3, -0.25) is 4.79 Å². The van der Waals surface area contributed by atoms with E-state index in [1.165, 1.54) is 0 Å². The molecule has 0 bridgehead atoms. The number of aliphatic hydroxyl groups is 1. The van der Waals surface area contributed by atoms with Crippen LogP contribution in [0.15, 0.2) is 30.3 Å². The molecule has 0 aliphatic carbocycles. The van der Waals surface area contributed by atoms with Gasteiger partial charge in [0.2, 0.25) is 5.91 Å². The largest absolute Gasteiger partial charge is 0.391 e. The molecule has 0 aliphatic rings. The van der Waals surface area contributed by atoms with Gasteiger partial charge in [-0.05, 0) is 17.9 Å². The van der Waals surface area contributed by atoms with Crippen molar-refractivity contribution in [3.63, 3.8) is 0 Å². The van der Waals surface area contributed by atoms with Gasteiger partial charge in [-0.15, -0.1) is 0 Å². The first-order valence-corrected chi connectivity index (χ1v) is 6.74. The number of hydrogen-bond donors (Lipinski definition) is 3. The van der Waals surface area contributed by atoms with Crippen molar-refractivity contribution in [2.45, 2.75) is 38.8 Å². The van der Waals surface area contributed by atoms with Crippen LogP contribution in [0.3, 0.4) is 0 Å². The fourth-order valence-corrected chi connectivity index (χ4v) is 1.95. The van der Waals surface area contributed by atoms with E-state index in [1.807, 2.05) is 44.2 Å². The molecule has 4 heteroatoms. The summed E-state index contributed by atoms with van der Waals surface area (Å²) in [5, 5.41) is 12.4. The number of aliphatic hydroxyl groups excluding tert-OH is 1. The quantitative estimate of drug-likeness (QED) is 0.700. The van der Waals surface area contributed by atoms with Crippen molar-refractivity contribution >= 4 is 5.91 Å². The normalized spacial score (nSPS) is 14.2. The first kappa shape index (κ1) is 15.7. The van der Waals surface area contributed by atoms with Crippen LogP contribution in [-0.2, 0) is 4.79 Å². The van der Waals surface area contributed by atoms with Crippen LogP contribution < -0.4 is 11.1 Å². The first-order valence-electron chi connectivity index (χ1n) is 6.74. The molecule has 0 aromatic heterocycles. The lowest BCUT2D eigenvalue weighted by Crippen LogP contribution is -2.34. The minimum Gasteiger partial charge on any atom is -0.391 e. The fourth-order valence-electron chi connectivity index (χ4n) is 1.95. The van der Waals surface area contributed by atoms with Gasteiger partial charge in [0.25, 0.3) is 0 Å². The van der Waals surface area contributed by atoms with Crippen LogP contribution in [0, 0.1) is 5.92 Å². The molecule has 0 spiro atoms. The number of hydrogen-bond acceptors (Lipinski definition) is 3. The topological polar surface area (TPSA) is 75.3 Å². The third kappa shape index (κ3) is 6.36. The second kappa shape index (κ2) is 7.92. The van der Waals surface area contributed by atoms with Gasteiger partial charge >= 0.3 is 0 Å². The van der Waals surface area contributed by atoms with Crippen molar-refractivity contribution in [1.82, 2.24) is 5.32 Å². The summed E-state index contributed by atoms with van der Waals surface area (Å²) in [6.07, 6.45) is 0.431. The molecule has 0 saturated carbocycles. The van der Waals surface area contributed by atoms with Crippen LogP contribution in [0.5, 0.6) is 0 Å². The number of carbonyl (C=O) groups excluding carboxylic acids is 1. The Morgan fingerprint density at radius 3 is 2.53 bits per heavy atom. The average molecular weight is 264 g/mol.